The number of benzene rings is 4. The lowest BCUT2D eigenvalue weighted by Gasteiger charge is -2.29. The van der Waals surface area contributed by atoms with Crippen LogP contribution in [0.25, 0.3) is 45.3 Å². The fraction of sp³-hybridized carbons (Fsp3) is 0.158. The van der Waals surface area contributed by atoms with Crippen molar-refractivity contribution in [2.75, 3.05) is 0 Å². The van der Waals surface area contributed by atoms with Gasteiger partial charge in [-0.15, -0.1) is 0 Å². The highest BCUT2D eigenvalue weighted by Gasteiger charge is 2.28. The summed E-state index contributed by atoms with van der Waals surface area (Å²) in [4.78, 5) is 43.4. The lowest BCUT2D eigenvalue weighted by atomic mass is 9.91. The van der Waals surface area contributed by atoms with Gasteiger partial charge in [0.25, 0.3) is 11.8 Å². The fourth-order valence-electron chi connectivity index (χ4n) is 6.05. The molecule has 4 aromatic carbocycles. The first-order chi connectivity index (χ1) is 22.6. The van der Waals surface area contributed by atoms with E-state index in [1.807, 2.05) is 121 Å². The summed E-state index contributed by atoms with van der Waals surface area (Å²) in [6.45, 7) is 0. The maximum atomic E-state index is 13.6. The summed E-state index contributed by atoms with van der Waals surface area (Å²) in [5.74, 6) is 0.944. The summed E-state index contributed by atoms with van der Waals surface area (Å²) in [7, 11) is 0. The Bertz CT molecular complexity index is 1780. The summed E-state index contributed by atoms with van der Waals surface area (Å²) < 4.78 is 0. The Balaban J connectivity index is 1.03. The van der Waals surface area contributed by atoms with Gasteiger partial charge in [-0.3, -0.25) is 9.59 Å². The molecule has 0 bridgehead atoms. The van der Waals surface area contributed by atoms with E-state index < -0.39 is 0 Å². The van der Waals surface area contributed by atoms with Crippen LogP contribution in [0.4, 0.5) is 0 Å². The Morgan fingerprint density at radius 1 is 0.478 bits per heavy atom. The second kappa shape index (κ2) is 13.1. The molecule has 2 amide bonds. The molecule has 1 aliphatic carbocycles. The van der Waals surface area contributed by atoms with E-state index in [1.165, 1.54) is 0 Å². The zero-order valence-corrected chi connectivity index (χ0v) is 25.2. The van der Waals surface area contributed by atoms with Crippen molar-refractivity contribution in [3.63, 3.8) is 0 Å². The number of carbonyl (C=O) groups is 2. The summed E-state index contributed by atoms with van der Waals surface area (Å²) in [6, 6.07) is 39.1. The van der Waals surface area contributed by atoms with Crippen LogP contribution in [-0.2, 0) is 0 Å². The van der Waals surface area contributed by atoms with Crippen molar-refractivity contribution in [3.8, 4) is 45.3 Å². The highest BCUT2D eigenvalue weighted by atomic mass is 16.2. The van der Waals surface area contributed by atoms with Gasteiger partial charge in [0, 0.05) is 34.3 Å². The van der Waals surface area contributed by atoms with Gasteiger partial charge in [0.05, 0.1) is 0 Å². The van der Waals surface area contributed by atoms with E-state index in [1.54, 1.807) is 0 Å². The van der Waals surface area contributed by atoms with E-state index in [2.05, 4.69) is 20.6 Å². The number of carbonyl (C=O) groups excluding carboxylic acids is 2. The smallest absolute Gasteiger partial charge is 0.270 e. The standard InChI is InChI=1S/C38H34N6O2/c45-37(33-31(25-13-5-1-6-14-25)41-35(43-33)27-17-9-3-10-18-27)39-29-21-23-30(24-22-29)40-38(46)34-32(26-15-7-2-8-16-26)42-36(44-34)28-19-11-4-12-20-28/h1-20,29-30H,21-24H2,(H,39,45)(H,40,46)(H,41,43)(H,42,44). The number of hydrogen-bond donors (Lipinski definition) is 4. The van der Waals surface area contributed by atoms with Crippen LogP contribution in [0.2, 0.25) is 0 Å². The number of nitrogens with one attached hydrogen (secondary N) is 4. The Morgan fingerprint density at radius 2 is 0.783 bits per heavy atom. The Morgan fingerprint density at radius 3 is 1.11 bits per heavy atom. The van der Waals surface area contributed by atoms with Gasteiger partial charge in [0.1, 0.15) is 34.4 Å². The molecule has 7 rings (SSSR count). The number of aromatic amines is 2. The van der Waals surface area contributed by atoms with Crippen molar-refractivity contribution in [2.24, 2.45) is 0 Å². The zero-order chi connectivity index (χ0) is 31.3. The minimum absolute atomic E-state index is 0.00975. The van der Waals surface area contributed by atoms with Gasteiger partial charge >= 0.3 is 0 Å². The average molecular weight is 607 g/mol. The van der Waals surface area contributed by atoms with E-state index in [4.69, 9.17) is 9.97 Å². The number of H-pyrrole nitrogens is 2. The number of hydrogen-bond acceptors (Lipinski definition) is 4. The van der Waals surface area contributed by atoms with Crippen molar-refractivity contribution < 1.29 is 9.59 Å². The quantitative estimate of drug-likeness (QED) is 0.146. The summed E-state index contributed by atoms with van der Waals surface area (Å²) in [5, 5.41) is 6.46. The second-order valence-corrected chi connectivity index (χ2v) is 11.6. The van der Waals surface area contributed by atoms with E-state index >= 15 is 0 Å². The second-order valence-electron chi connectivity index (χ2n) is 11.6. The molecule has 8 nitrogen and oxygen atoms in total. The topological polar surface area (TPSA) is 116 Å². The van der Waals surface area contributed by atoms with Crippen molar-refractivity contribution in [3.05, 3.63) is 133 Å². The third-order valence-electron chi connectivity index (χ3n) is 8.45. The molecular formula is C38H34N6O2. The largest absolute Gasteiger partial charge is 0.348 e. The number of imidazole rings is 2. The molecule has 0 aliphatic heterocycles. The zero-order valence-electron chi connectivity index (χ0n) is 25.2. The normalized spacial score (nSPS) is 16.1. The van der Waals surface area contributed by atoms with Crippen molar-refractivity contribution >= 4 is 11.8 Å². The van der Waals surface area contributed by atoms with E-state index in [9.17, 15) is 9.59 Å². The van der Waals surface area contributed by atoms with Gasteiger partial charge < -0.3 is 20.6 Å². The summed E-state index contributed by atoms with van der Waals surface area (Å²) >= 11 is 0. The Labute approximate surface area is 267 Å². The van der Waals surface area contributed by atoms with Crippen LogP contribution in [0.1, 0.15) is 46.7 Å². The molecule has 0 spiro atoms. The average Bonchev–Trinajstić information content (AvgIpc) is 3.77. The minimum atomic E-state index is -0.181. The predicted octanol–water partition coefficient (Wildman–Crippen LogP) is 7.27. The molecule has 6 aromatic rings. The molecule has 46 heavy (non-hydrogen) atoms. The molecule has 2 aromatic heterocycles. The molecule has 2 heterocycles. The van der Waals surface area contributed by atoms with Crippen LogP contribution in [0.15, 0.2) is 121 Å². The predicted molar refractivity (Wildman–Crippen MR) is 180 cm³/mol. The first kappa shape index (κ1) is 29.0. The SMILES string of the molecule is O=C(NC1CCC(NC(=O)c2[nH]c(-c3ccccc3)nc2-c2ccccc2)CC1)c1[nH]c(-c2ccccc2)nc1-c1ccccc1. The Kier molecular flexibility index (Phi) is 8.24. The van der Waals surface area contributed by atoms with Crippen LogP contribution in [0.5, 0.6) is 0 Å². The van der Waals surface area contributed by atoms with Gasteiger partial charge in [-0.25, -0.2) is 9.97 Å². The molecule has 0 atom stereocenters. The third-order valence-corrected chi connectivity index (χ3v) is 8.45. The van der Waals surface area contributed by atoms with Gasteiger partial charge in [0.15, 0.2) is 0 Å². The molecule has 228 valence electrons. The summed E-state index contributed by atoms with van der Waals surface area (Å²) in [6.07, 6.45) is 3.00. The maximum Gasteiger partial charge on any atom is 0.270 e. The molecule has 1 fully saturated rings. The first-order valence-electron chi connectivity index (χ1n) is 15.7. The van der Waals surface area contributed by atoms with Gasteiger partial charge in [0.2, 0.25) is 0 Å². The van der Waals surface area contributed by atoms with Crippen LogP contribution in [0, 0.1) is 0 Å². The molecule has 0 radical (unpaired) electrons. The number of nitrogens with zero attached hydrogens (tertiary/aromatic N) is 2. The molecule has 4 N–H and O–H groups in total. The van der Waals surface area contributed by atoms with Crippen LogP contribution >= 0.6 is 0 Å². The first-order valence-corrected chi connectivity index (χ1v) is 15.7. The van der Waals surface area contributed by atoms with E-state index in [0.717, 1.165) is 47.9 Å². The van der Waals surface area contributed by atoms with Crippen molar-refractivity contribution in [2.45, 2.75) is 37.8 Å². The lowest BCUT2D eigenvalue weighted by molar-refractivity contribution is 0.0888. The summed E-state index contributed by atoms with van der Waals surface area (Å²) in [5.41, 5.74) is 5.73. The van der Waals surface area contributed by atoms with Crippen LogP contribution in [0.3, 0.4) is 0 Å². The fourth-order valence-corrected chi connectivity index (χ4v) is 6.05. The van der Waals surface area contributed by atoms with Crippen LogP contribution in [-0.4, -0.2) is 43.8 Å². The highest BCUT2D eigenvalue weighted by molar-refractivity contribution is 6.00. The maximum absolute atomic E-state index is 13.6. The lowest BCUT2D eigenvalue weighted by Crippen LogP contribution is -2.44. The van der Waals surface area contributed by atoms with Crippen molar-refractivity contribution in [1.29, 1.82) is 0 Å². The number of amides is 2. The minimum Gasteiger partial charge on any atom is -0.348 e. The van der Waals surface area contributed by atoms with E-state index in [0.29, 0.717) is 34.4 Å². The number of aromatic nitrogens is 4. The third kappa shape index (κ3) is 6.23. The molecule has 1 aliphatic rings. The van der Waals surface area contributed by atoms with Crippen molar-refractivity contribution in [1.82, 2.24) is 30.6 Å². The van der Waals surface area contributed by atoms with Gasteiger partial charge in [-0.2, -0.15) is 0 Å². The monoisotopic (exact) mass is 606 g/mol. The molecule has 0 unspecified atom stereocenters. The van der Waals surface area contributed by atoms with E-state index in [-0.39, 0.29) is 23.9 Å². The van der Waals surface area contributed by atoms with Gasteiger partial charge in [-0.05, 0) is 25.7 Å². The molecule has 1 saturated carbocycles. The molecular weight excluding hydrogens is 572 g/mol. The number of rotatable bonds is 8. The molecule has 0 saturated heterocycles. The highest BCUT2D eigenvalue weighted by Crippen LogP contribution is 2.29. The van der Waals surface area contributed by atoms with Crippen LogP contribution < -0.4 is 10.6 Å². The molecule has 8 heteroatoms. The van der Waals surface area contributed by atoms with Gasteiger partial charge in [-0.1, -0.05) is 121 Å². The Hall–Kier alpha value is -5.76.